The molecule has 100 valence electrons. The molecule has 20 heavy (non-hydrogen) atoms. The fraction of sp³-hybridized carbons (Fsp3) is 0.100. The molecule has 0 aliphatic heterocycles. The van der Waals surface area contributed by atoms with Crippen molar-refractivity contribution >= 4 is 11.4 Å². The summed E-state index contributed by atoms with van der Waals surface area (Å²) in [6.07, 6.45) is 1.37. The lowest BCUT2D eigenvalue weighted by Crippen LogP contribution is -2.28. The Kier molecular flexibility index (Phi) is 3.10. The van der Waals surface area contributed by atoms with Crippen LogP contribution < -0.4 is 4.57 Å². The van der Waals surface area contributed by atoms with Crippen LogP contribution in [0, 0.1) is 31.6 Å². The van der Waals surface area contributed by atoms with Crippen LogP contribution in [-0.2, 0) is 7.05 Å². The molecule has 1 aromatic heterocycles. The first-order valence-electron chi connectivity index (χ1n) is 5.22. The van der Waals surface area contributed by atoms with Gasteiger partial charge in [-0.25, -0.2) is 4.57 Å². The number of rotatable bonds is 3. The van der Waals surface area contributed by atoms with Gasteiger partial charge in [-0.3, -0.25) is 20.2 Å². The highest BCUT2D eigenvalue weighted by Crippen LogP contribution is 2.26. The number of aromatic nitrogens is 3. The second-order valence-electron chi connectivity index (χ2n) is 3.79. The summed E-state index contributed by atoms with van der Waals surface area (Å²) in [6, 6.07) is 5.01. The average molecular weight is 275 g/mol. The molecule has 0 fully saturated rings. The minimum atomic E-state index is -0.740. The van der Waals surface area contributed by atoms with E-state index in [0.717, 1.165) is 16.8 Å². The summed E-state index contributed by atoms with van der Waals surface area (Å²) in [5.41, 5.74) is -0.818. The molecule has 0 spiro atoms. The Morgan fingerprint density at radius 2 is 2.05 bits per heavy atom. The molecule has 2 aromatic rings. The van der Waals surface area contributed by atoms with Crippen molar-refractivity contribution in [1.82, 2.24) is 9.78 Å². The first-order valence-corrected chi connectivity index (χ1v) is 5.22. The van der Waals surface area contributed by atoms with E-state index < -0.39 is 21.2 Å². The predicted octanol–water partition coefficient (Wildman–Crippen LogP) is 0.385. The van der Waals surface area contributed by atoms with Crippen molar-refractivity contribution in [2.75, 3.05) is 0 Å². The molecule has 1 aromatic carbocycles. The summed E-state index contributed by atoms with van der Waals surface area (Å²) < 4.78 is 2.51. The highest BCUT2D eigenvalue weighted by atomic mass is 16.6. The van der Waals surface area contributed by atoms with Gasteiger partial charge < -0.3 is 0 Å². The summed E-state index contributed by atoms with van der Waals surface area (Å²) in [6.45, 7) is 0. The fourth-order valence-corrected chi connectivity index (χ4v) is 1.60. The number of hydrogen-bond acceptors (Lipinski definition) is 6. The van der Waals surface area contributed by atoms with Crippen molar-refractivity contribution in [2.24, 2.45) is 7.05 Å². The Bertz CT molecular complexity index is 760. The lowest BCUT2D eigenvalue weighted by molar-refractivity contribution is -0.674. The van der Waals surface area contributed by atoms with E-state index in [0.29, 0.717) is 0 Å². The highest BCUT2D eigenvalue weighted by molar-refractivity contribution is 5.57. The van der Waals surface area contributed by atoms with E-state index in [1.165, 1.54) is 17.0 Å². The van der Waals surface area contributed by atoms with E-state index in [1.807, 2.05) is 6.07 Å². The van der Waals surface area contributed by atoms with Gasteiger partial charge in [-0.2, -0.15) is 5.26 Å². The van der Waals surface area contributed by atoms with Crippen LogP contribution in [0.4, 0.5) is 11.4 Å². The zero-order chi connectivity index (χ0) is 14.9. The van der Waals surface area contributed by atoms with E-state index in [4.69, 9.17) is 5.26 Å². The van der Waals surface area contributed by atoms with Gasteiger partial charge in [-0.05, 0) is 6.07 Å². The van der Waals surface area contributed by atoms with E-state index in [-0.39, 0.29) is 11.5 Å². The van der Waals surface area contributed by atoms with E-state index in [2.05, 4.69) is 5.10 Å². The Hall–Kier alpha value is -3.35. The van der Waals surface area contributed by atoms with Gasteiger partial charge in [-0.1, -0.05) is 4.68 Å². The maximum Gasteiger partial charge on any atom is 0.380 e. The largest absolute Gasteiger partial charge is 0.380 e. The van der Waals surface area contributed by atoms with Crippen LogP contribution in [0.25, 0.3) is 5.69 Å². The maximum atomic E-state index is 11.0. The Morgan fingerprint density at radius 1 is 1.35 bits per heavy atom. The number of aryl methyl sites for hydroxylation is 1. The van der Waals surface area contributed by atoms with Crippen LogP contribution in [0.15, 0.2) is 24.5 Å². The monoisotopic (exact) mass is 275 g/mol. The molecule has 0 atom stereocenters. The van der Waals surface area contributed by atoms with E-state index >= 15 is 0 Å². The molecule has 2 rings (SSSR count). The van der Waals surface area contributed by atoms with Crippen LogP contribution in [0.3, 0.4) is 0 Å². The molecule has 0 aliphatic carbocycles. The van der Waals surface area contributed by atoms with Crippen molar-refractivity contribution in [3.05, 3.63) is 50.6 Å². The third kappa shape index (κ3) is 2.15. The normalized spacial score (nSPS) is 10.0. The Morgan fingerprint density at radius 3 is 2.55 bits per heavy atom. The number of benzene rings is 1. The fourth-order valence-electron chi connectivity index (χ4n) is 1.60. The lowest BCUT2D eigenvalue weighted by Gasteiger charge is -1.97. The predicted molar refractivity (Wildman–Crippen MR) is 62.8 cm³/mol. The van der Waals surface area contributed by atoms with E-state index in [9.17, 15) is 20.2 Å². The number of hydrogen-bond donors (Lipinski definition) is 0. The van der Waals surface area contributed by atoms with E-state index in [1.54, 1.807) is 7.05 Å². The first kappa shape index (κ1) is 13.1. The second kappa shape index (κ2) is 4.73. The van der Waals surface area contributed by atoms with Crippen LogP contribution in [0.1, 0.15) is 5.82 Å². The lowest BCUT2D eigenvalue weighted by atomic mass is 10.2. The number of nitrogens with zero attached hydrogens (tertiary/aromatic N) is 6. The number of nitriles is 1. The first-order chi connectivity index (χ1) is 9.43. The Labute approximate surface area is 111 Å². The molecule has 0 amide bonds. The minimum absolute atomic E-state index is 0.0395. The number of non-ortho nitro benzene ring substituents is 1. The van der Waals surface area contributed by atoms with Gasteiger partial charge in [0.05, 0.1) is 28.1 Å². The maximum absolute atomic E-state index is 11.0. The highest BCUT2D eigenvalue weighted by Gasteiger charge is 2.26. The van der Waals surface area contributed by atoms with Crippen LogP contribution >= 0.6 is 0 Å². The summed E-state index contributed by atoms with van der Waals surface area (Å²) >= 11 is 0. The van der Waals surface area contributed by atoms with Gasteiger partial charge >= 0.3 is 11.5 Å². The van der Waals surface area contributed by atoms with Crippen molar-refractivity contribution in [1.29, 1.82) is 5.26 Å². The molecule has 10 heteroatoms. The van der Waals surface area contributed by atoms with Crippen molar-refractivity contribution < 1.29 is 14.4 Å². The Balaban J connectivity index is 2.64. The van der Waals surface area contributed by atoms with Gasteiger partial charge in [0.25, 0.3) is 5.69 Å². The molecule has 0 aliphatic rings. The second-order valence-corrected chi connectivity index (χ2v) is 3.79. The minimum Gasteiger partial charge on any atom is -0.258 e. The van der Waals surface area contributed by atoms with Crippen LogP contribution in [0.2, 0.25) is 0 Å². The van der Waals surface area contributed by atoms with Gasteiger partial charge in [0.15, 0.2) is 6.07 Å². The number of nitro benzene ring substituents is 2. The standard InChI is InChI=1S/C10H7N6O4/c1-13-6-14(12-10(13)5-11)8-3-2-7(15(17)18)4-9(8)16(19)20/h2-4,6H,1H3/q+1. The summed E-state index contributed by atoms with van der Waals surface area (Å²) in [4.78, 5) is 20.2. The quantitative estimate of drug-likeness (QED) is 0.452. The van der Waals surface area contributed by atoms with Gasteiger partial charge in [0, 0.05) is 6.07 Å². The average Bonchev–Trinajstić information content (AvgIpc) is 2.79. The molecule has 1 heterocycles. The molecule has 0 saturated carbocycles. The molecule has 0 bridgehead atoms. The molecular weight excluding hydrogens is 268 g/mol. The third-order valence-corrected chi connectivity index (χ3v) is 2.53. The number of nitro groups is 2. The SMILES string of the molecule is C[n+]1cn(-c2ccc([N+](=O)[O-])cc2[N+](=O)[O-])nc1C#N. The van der Waals surface area contributed by atoms with Crippen molar-refractivity contribution in [3.8, 4) is 11.8 Å². The molecule has 0 N–H and O–H groups in total. The molecular formula is C10H7N6O4+. The zero-order valence-electron chi connectivity index (χ0n) is 10.1. The zero-order valence-corrected chi connectivity index (χ0v) is 10.1. The molecule has 0 radical (unpaired) electrons. The van der Waals surface area contributed by atoms with Crippen molar-refractivity contribution in [2.45, 2.75) is 0 Å². The summed E-state index contributed by atoms with van der Waals surface area (Å²) in [7, 11) is 1.55. The van der Waals surface area contributed by atoms with Crippen LogP contribution in [0.5, 0.6) is 0 Å². The summed E-state index contributed by atoms with van der Waals surface area (Å²) in [5.74, 6) is 0.0534. The molecule has 10 nitrogen and oxygen atoms in total. The molecule has 0 saturated heterocycles. The van der Waals surface area contributed by atoms with Gasteiger partial charge in [0.1, 0.15) is 0 Å². The van der Waals surface area contributed by atoms with Crippen molar-refractivity contribution in [3.63, 3.8) is 0 Å². The van der Waals surface area contributed by atoms with Gasteiger partial charge in [0.2, 0.25) is 12.0 Å². The van der Waals surface area contributed by atoms with Gasteiger partial charge in [-0.15, -0.1) is 0 Å². The third-order valence-electron chi connectivity index (χ3n) is 2.53. The smallest absolute Gasteiger partial charge is 0.258 e. The molecule has 0 unspecified atom stereocenters. The topological polar surface area (TPSA) is 132 Å². The summed E-state index contributed by atoms with van der Waals surface area (Å²) in [5, 5.41) is 34.3. The van der Waals surface area contributed by atoms with Crippen LogP contribution in [-0.4, -0.2) is 19.6 Å².